The van der Waals surface area contributed by atoms with Crippen molar-refractivity contribution in [3.8, 4) is 0 Å². The molecule has 0 saturated carbocycles. The first-order chi connectivity index (χ1) is 11.7. The Bertz CT molecular complexity index is 621. The van der Waals surface area contributed by atoms with Crippen molar-refractivity contribution < 1.29 is 5.11 Å². The van der Waals surface area contributed by atoms with Gasteiger partial charge in [-0.25, -0.2) is 0 Å². The summed E-state index contributed by atoms with van der Waals surface area (Å²) in [4.78, 5) is 2.55. The third kappa shape index (κ3) is 4.67. The van der Waals surface area contributed by atoms with Gasteiger partial charge in [0.15, 0.2) is 0 Å². The molecule has 0 amide bonds. The molecule has 2 aromatic carbocycles. The number of hydrogen-bond donors (Lipinski definition) is 2. The van der Waals surface area contributed by atoms with Gasteiger partial charge < -0.3 is 10.4 Å². The van der Waals surface area contributed by atoms with Crippen LogP contribution in [0.25, 0.3) is 0 Å². The molecule has 1 heterocycles. The van der Waals surface area contributed by atoms with Crippen molar-refractivity contribution in [2.45, 2.75) is 45.0 Å². The van der Waals surface area contributed by atoms with Crippen LogP contribution < -0.4 is 5.32 Å². The highest BCUT2D eigenvalue weighted by molar-refractivity contribution is 5.25. The molecule has 0 radical (unpaired) electrons. The van der Waals surface area contributed by atoms with Gasteiger partial charge in [-0.3, -0.25) is 4.90 Å². The van der Waals surface area contributed by atoms with Crippen molar-refractivity contribution in [1.82, 2.24) is 10.2 Å². The van der Waals surface area contributed by atoms with Gasteiger partial charge in [0.05, 0.1) is 6.61 Å². The summed E-state index contributed by atoms with van der Waals surface area (Å²) in [5, 5.41) is 13.1. The van der Waals surface area contributed by atoms with Gasteiger partial charge >= 0.3 is 0 Å². The van der Waals surface area contributed by atoms with E-state index < -0.39 is 0 Å². The molecule has 3 heteroatoms. The van der Waals surface area contributed by atoms with Gasteiger partial charge in [0.1, 0.15) is 0 Å². The molecule has 1 unspecified atom stereocenters. The number of aliphatic hydroxyl groups is 1. The van der Waals surface area contributed by atoms with Crippen LogP contribution in [-0.2, 0) is 13.2 Å². The maximum Gasteiger partial charge on any atom is 0.0681 e. The molecule has 24 heavy (non-hydrogen) atoms. The van der Waals surface area contributed by atoms with Gasteiger partial charge in [0.2, 0.25) is 0 Å². The second kappa shape index (κ2) is 8.43. The fourth-order valence-electron chi connectivity index (χ4n) is 3.51. The minimum atomic E-state index is 0.110. The molecule has 1 atom stereocenters. The summed E-state index contributed by atoms with van der Waals surface area (Å²) in [5.41, 5.74) is 3.64. The van der Waals surface area contributed by atoms with Crippen LogP contribution in [-0.4, -0.2) is 29.1 Å². The lowest BCUT2D eigenvalue weighted by molar-refractivity contribution is 0.185. The monoisotopic (exact) mass is 324 g/mol. The van der Waals surface area contributed by atoms with E-state index in [0.29, 0.717) is 12.1 Å². The molecule has 0 aliphatic carbocycles. The van der Waals surface area contributed by atoms with E-state index in [9.17, 15) is 5.11 Å². The normalized spacial score (nSPS) is 17.8. The van der Waals surface area contributed by atoms with Crippen molar-refractivity contribution >= 4 is 0 Å². The standard InChI is InChI=1S/C21H28N2O/c1-17(20-9-5-8-19(14-20)16-24)22-21-10-12-23(13-11-21)15-18-6-3-2-4-7-18/h2-9,14,17,21-22,24H,10-13,15-16H2,1H3. The molecule has 1 aliphatic rings. The van der Waals surface area contributed by atoms with Gasteiger partial charge in [-0.15, -0.1) is 0 Å². The molecule has 3 nitrogen and oxygen atoms in total. The maximum atomic E-state index is 9.29. The third-order valence-electron chi connectivity index (χ3n) is 4.96. The molecule has 3 rings (SSSR count). The van der Waals surface area contributed by atoms with Crippen molar-refractivity contribution in [3.05, 3.63) is 71.3 Å². The van der Waals surface area contributed by atoms with Gasteiger partial charge in [-0.05, 0) is 49.5 Å². The summed E-state index contributed by atoms with van der Waals surface area (Å²) >= 11 is 0. The number of piperidine rings is 1. The Kier molecular flexibility index (Phi) is 6.02. The van der Waals surface area contributed by atoms with E-state index in [1.165, 1.54) is 24.0 Å². The van der Waals surface area contributed by atoms with Crippen molar-refractivity contribution in [2.75, 3.05) is 13.1 Å². The Morgan fingerprint density at radius 1 is 1.04 bits per heavy atom. The van der Waals surface area contributed by atoms with Crippen LogP contribution in [0.5, 0.6) is 0 Å². The molecular weight excluding hydrogens is 296 g/mol. The van der Waals surface area contributed by atoms with Gasteiger partial charge in [0.25, 0.3) is 0 Å². The Labute approximate surface area is 145 Å². The number of nitrogens with one attached hydrogen (secondary N) is 1. The maximum absolute atomic E-state index is 9.29. The molecule has 128 valence electrons. The lowest BCUT2D eigenvalue weighted by atomic mass is 10.00. The number of rotatable bonds is 6. The van der Waals surface area contributed by atoms with E-state index >= 15 is 0 Å². The zero-order chi connectivity index (χ0) is 16.8. The first-order valence-electron chi connectivity index (χ1n) is 8.96. The second-order valence-corrected chi connectivity index (χ2v) is 6.83. The van der Waals surface area contributed by atoms with E-state index in [4.69, 9.17) is 0 Å². The average molecular weight is 324 g/mol. The van der Waals surface area contributed by atoms with Crippen LogP contribution in [0.2, 0.25) is 0 Å². The topological polar surface area (TPSA) is 35.5 Å². The lowest BCUT2D eigenvalue weighted by Crippen LogP contribution is -2.42. The molecule has 2 aromatic rings. The zero-order valence-electron chi connectivity index (χ0n) is 14.5. The molecular formula is C21H28N2O. The van der Waals surface area contributed by atoms with Crippen LogP contribution in [0.4, 0.5) is 0 Å². The quantitative estimate of drug-likeness (QED) is 0.854. The predicted octanol–water partition coefficient (Wildman–Crippen LogP) is 3.49. The van der Waals surface area contributed by atoms with Crippen molar-refractivity contribution in [3.63, 3.8) is 0 Å². The van der Waals surface area contributed by atoms with Crippen LogP contribution >= 0.6 is 0 Å². The average Bonchev–Trinajstić information content (AvgIpc) is 2.64. The summed E-state index contributed by atoms with van der Waals surface area (Å²) in [7, 11) is 0. The summed E-state index contributed by atoms with van der Waals surface area (Å²) in [6, 6.07) is 19.9. The Morgan fingerprint density at radius 3 is 2.46 bits per heavy atom. The molecule has 0 bridgehead atoms. The smallest absolute Gasteiger partial charge is 0.0681 e. The lowest BCUT2D eigenvalue weighted by Gasteiger charge is -2.34. The summed E-state index contributed by atoms with van der Waals surface area (Å²) in [5.74, 6) is 0. The Hall–Kier alpha value is -1.68. The summed E-state index contributed by atoms with van der Waals surface area (Å²) < 4.78 is 0. The SMILES string of the molecule is CC(NC1CCN(Cc2ccccc2)CC1)c1cccc(CO)c1. The van der Waals surface area contributed by atoms with Crippen LogP contribution in [0.1, 0.15) is 42.5 Å². The second-order valence-electron chi connectivity index (χ2n) is 6.83. The van der Waals surface area contributed by atoms with E-state index in [1.54, 1.807) is 0 Å². The third-order valence-corrected chi connectivity index (χ3v) is 4.96. The fourth-order valence-corrected chi connectivity index (χ4v) is 3.51. The first kappa shape index (κ1) is 17.2. The first-order valence-corrected chi connectivity index (χ1v) is 8.96. The largest absolute Gasteiger partial charge is 0.392 e. The van der Waals surface area contributed by atoms with Gasteiger partial charge in [-0.1, -0.05) is 54.6 Å². The van der Waals surface area contributed by atoms with E-state index in [0.717, 1.165) is 25.2 Å². The highest BCUT2D eigenvalue weighted by atomic mass is 16.3. The Balaban J connectivity index is 1.48. The van der Waals surface area contributed by atoms with Crippen molar-refractivity contribution in [2.24, 2.45) is 0 Å². The number of aliphatic hydroxyl groups excluding tert-OH is 1. The fraction of sp³-hybridized carbons (Fsp3) is 0.429. The molecule has 1 saturated heterocycles. The number of likely N-dealkylation sites (tertiary alicyclic amines) is 1. The van der Waals surface area contributed by atoms with E-state index in [-0.39, 0.29) is 6.61 Å². The van der Waals surface area contributed by atoms with Crippen molar-refractivity contribution in [1.29, 1.82) is 0 Å². The minimum Gasteiger partial charge on any atom is -0.392 e. The molecule has 2 N–H and O–H groups in total. The molecule has 0 spiro atoms. The van der Waals surface area contributed by atoms with Crippen LogP contribution in [0.3, 0.4) is 0 Å². The molecule has 1 aliphatic heterocycles. The van der Waals surface area contributed by atoms with E-state index in [2.05, 4.69) is 59.6 Å². The van der Waals surface area contributed by atoms with Crippen LogP contribution in [0.15, 0.2) is 54.6 Å². The van der Waals surface area contributed by atoms with E-state index in [1.807, 2.05) is 12.1 Å². The van der Waals surface area contributed by atoms with Crippen LogP contribution in [0, 0.1) is 0 Å². The zero-order valence-corrected chi connectivity index (χ0v) is 14.5. The van der Waals surface area contributed by atoms with Gasteiger partial charge in [0, 0.05) is 18.6 Å². The minimum absolute atomic E-state index is 0.110. The number of hydrogen-bond acceptors (Lipinski definition) is 3. The summed E-state index contributed by atoms with van der Waals surface area (Å²) in [6.07, 6.45) is 2.38. The highest BCUT2D eigenvalue weighted by Gasteiger charge is 2.20. The molecule has 1 fully saturated rings. The van der Waals surface area contributed by atoms with Gasteiger partial charge in [-0.2, -0.15) is 0 Å². The number of benzene rings is 2. The molecule has 0 aromatic heterocycles. The highest BCUT2D eigenvalue weighted by Crippen LogP contribution is 2.19. The predicted molar refractivity (Wildman–Crippen MR) is 98.7 cm³/mol. The number of nitrogens with zero attached hydrogens (tertiary/aromatic N) is 1. The summed E-state index contributed by atoms with van der Waals surface area (Å²) in [6.45, 7) is 5.68. The Morgan fingerprint density at radius 2 is 1.75 bits per heavy atom.